The SMILES string of the molecule is CCCCCCCCCCc1cnc(N2CCN(S(=O)(=O)C3(C)CCCCC3)CC2)nc1. The fourth-order valence-electron chi connectivity index (χ4n) is 5.10. The van der Waals surface area contributed by atoms with Crippen LogP contribution in [0, 0.1) is 0 Å². The summed E-state index contributed by atoms with van der Waals surface area (Å²) in [5, 5.41) is 0. The number of rotatable bonds is 12. The minimum absolute atomic E-state index is 0.529. The second-order valence-corrected chi connectivity index (χ2v) is 12.5. The summed E-state index contributed by atoms with van der Waals surface area (Å²) in [4.78, 5) is 11.3. The third-order valence-electron chi connectivity index (χ3n) is 7.41. The molecular formula is C25H44N4O2S. The lowest BCUT2D eigenvalue weighted by Gasteiger charge is -2.41. The highest BCUT2D eigenvalue weighted by atomic mass is 32.2. The Hall–Kier alpha value is -1.21. The highest BCUT2D eigenvalue weighted by Crippen LogP contribution is 2.37. The molecule has 1 aliphatic heterocycles. The third kappa shape index (κ3) is 6.66. The molecule has 32 heavy (non-hydrogen) atoms. The molecule has 7 heteroatoms. The molecule has 0 unspecified atom stereocenters. The van der Waals surface area contributed by atoms with E-state index in [1.165, 1.54) is 56.9 Å². The summed E-state index contributed by atoms with van der Waals surface area (Å²) in [6.45, 7) is 6.58. The molecule has 0 N–H and O–H groups in total. The van der Waals surface area contributed by atoms with Crippen LogP contribution in [0.4, 0.5) is 5.95 Å². The molecule has 6 nitrogen and oxygen atoms in total. The molecule has 1 aromatic heterocycles. The molecule has 1 aromatic rings. The van der Waals surface area contributed by atoms with Crippen molar-refractivity contribution in [3.63, 3.8) is 0 Å². The summed E-state index contributed by atoms with van der Waals surface area (Å²) in [6, 6.07) is 0. The second kappa shape index (κ2) is 12.3. The van der Waals surface area contributed by atoms with Gasteiger partial charge in [-0.25, -0.2) is 18.4 Å². The van der Waals surface area contributed by atoms with Crippen LogP contribution < -0.4 is 4.90 Å². The van der Waals surface area contributed by atoms with Crippen LogP contribution in [0.2, 0.25) is 0 Å². The van der Waals surface area contributed by atoms with E-state index in [0.29, 0.717) is 26.2 Å². The number of hydrogen-bond donors (Lipinski definition) is 0. The number of sulfonamides is 1. The Morgan fingerprint density at radius 1 is 0.844 bits per heavy atom. The Balaban J connectivity index is 1.40. The van der Waals surface area contributed by atoms with Crippen molar-refractivity contribution in [1.29, 1.82) is 0 Å². The standard InChI is InChI=1S/C25H44N4O2S/c1-3-4-5-6-7-8-9-11-14-23-21-26-24(27-22-23)28-17-19-29(20-18-28)32(30,31)25(2)15-12-10-13-16-25/h21-22H,3-20H2,1-2H3. The number of hydrogen-bond acceptors (Lipinski definition) is 5. The van der Waals surface area contributed by atoms with E-state index in [4.69, 9.17) is 0 Å². The predicted molar refractivity (Wildman–Crippen MR) is 133 cm³/mol. The quantitative estimate of drug-likeness (QED) is 0.391. The topological polar surface area (TPSA) is 66.4 Å². The summed E-state index contributed by atoms with van der Waals surface area (Å²) in [5.74, 6) is 0.727. The first kappa shape index (κ1) is 25.4. The van der Waals surface area contributed by atoms with E-state index in [0.717, 1.165) is 44.5 Å². The summed E-state index contributed by atoms with van der Waals surface area (Å²) >= 11 is 0. The van der Waals surface area contributed by atoms with Gasteiger partial charge in [-0.2, -0.15) is 4.31 Å². The van der Waals surface area contributed by atoms with E-state index in [-0.39, 0.29) is 0 Å². The second-order valence-electron chi connectivity index (χ2n) is 10.0. The molecule has 1 saturated heterocycles. The molecule has 0 atom stereocenters. The van der Waals surface area contributed by atoms with Gasteiger partial charge in [-0.3, -0.25) is 0 Å². The molecule has 0 aromatic carbocycles. The molecule has 0 spiro atoms. The van der Waals surface area contributed by atoms with Crippen molar-refractivity contribution in [2.75, 3.05) is 31.1 Å². The maximum Gasteiger partial charge on any atom is 0.225 e. The van der Waals surface area contributed by atoms with Crippen molar-refractivity contribution < 1.29 is 8.42 Å². The number of aryl methyl sites for hydroxylation is 1. The fourth-order valence-corrected chi connectivity index (χ4v) is 7.17. The predicted octanol–water partition coefficient (Wildman–Crippen LogP) is 5.33. The van der Waals surface area contributed by atoms with Crippen LogP contribution in [-0.2, 0) is 16.4 Å². The smallest absolute Gasteiger partial charge is 0.225 e. The van der Waals surface area contributed by atoms with Gasteiger partial charge in [0.1, 0.15) is 0 Å². The molecule has 1 saturated carbocycles. The molecule has 2 fully saturated rings. The Kier molecular flexibility index (Phi) is 9.77. The van der Waals surface area contributed by atoms with Crippen molar-refractivity contribution in [3.8, 4) is 0 Å². The number of aromatic nitrogens is 2. The van der Waals surface area contributed by atoms with E-state index in [9.17, 15) is 8.42 Å². The molecule has 3 rings (SSSR count). The highest BCUT2D eigenvalue weighted by Gasteiger charge is 2.44. The lowest BCUT2D eigenvalue weighted by Crippen LogP contribution is -2.55. The van der Waals surface area contributed by atoms with Gasteiger partial charge in [0.15, 0.2) is 0 Å². The Bertz CT molecular complexity index is 768. The van der Waals surface area contributed by atoms with Crippen molar-refractivity contribution in [2.45, 2.75) is 108 Å². The van der Waals surface area contributed by atoms with Gasteiger partial charge in [0.05, 0.1) is 4.75 Å². The van der Waals surface area contributed by atoms with E-state index in [1.54, 1.807) is 4.31 Å². The average Bonchev–Trinajstić information content (AvgIpc) is 2.82. The molecular weight excluding hydrogens is 420 g/mol. The highest BCUT2D eigenvalue weighted by molar-refractivity contribution is 7.90. The zero-order chi connectivity index (χ0) is 22.9. The third-order valence-corrected chi connectivity index (χ3v) is 10.1. The Labute approximate surface area is 196 Å². The molecule has 0 radical (unpaired) electrons. The summed E-state index contributed by atoms with van der Waals surface area (Å²) in [7, 11) is -3.25. The molecule has 2 aliphatic rings. The lowest BCUT2D eigenvalue weighted by molar-refractivity contribution is 0.332. The van der Waals surface area contributed by atoms with Crippen molar-refractivity contribution in [1.82, 2.24) is 14.3 Å². The zero-order valence-corrected chi connectivity index (χ0v) is 21.2. The van der Waals surface area contributed by atoms with Crippen LogP contribution in [0.1, 0.15) is 103 Å². The monoisotopic (exact) mass is 464 g/mol. The normalized spacial score (nSPS) is 19.9. The van der Waals surface area contributed by atoms with E-state index in [2.05, 4.69) is 21.8 Å². The van der Waals surface area contributed by atoms with Gasteiger partial charge >= 0.3 is 0 Å². The largest absolute Gasteiger partial charge is 0.338 e. The van der Waals surface area contributed by atoms with Gasteiger partial charge in [-0.15, -0.1) is 0 Å². The molecule has 2 heterocycles. The minimum Gasteiger partial charge on any atom is -0.338 e. The van der Waals surface area contributed by atoms with Gasteiger partial charge in [0, 0.05) is 38.6 Å². The lowest BCUT2D eigenvalue weighted by atomic mass is 9.90. The van der Waals surface area contributed by atoms with Crippen molar-refractivity contribution in [3.05, 3.63) is 18.0 Å². The zero-order valence-electron chi connectivity index (χ0n) is 20.4. The minimum atomic E-state index is -3.25. The fraction of sp³-hybridized carbons (Fsp3) is 0.840. The van der Waals surface area contributed by atoms with Crippen LogP contribution >= 0.6 is 0 Å². The maximum absolute atomic E-state index is 13.2. The number of unbranched alkanes of at least 4 members (excludes halogenated alkanes) is 7. The number of nitrogens with zero attached hydrogens (tertiary/aromatic N) is 4. The first-order valence-electron chi connectivity index (χ1n) is 13.0. The van der Waals surface area contributed by atoms with Gasteiger partial charge in [0.2, 0.25) is 16.0 Å². The van der Waals surface area contributed by atoms with Crippen molar-refractivity contribution >= 4 is 16.0 Å². The van der Waals surface area contributed by atoms with Crippen molar-refractivity contribution in [2.24, 2.45) is 0 Å². The Morgan fingerprint density at radius 2 is 1.41 bits per heavy atom. The molecule has 1 aliphatic carbocycles. The number of anilines is 1. The van der Waals surface area contributed by atoms with Crippen LogP contribution in [-0.4, -0.2) is 53.6 Å². The van der Waals surface area contributed by atoms with Gasteiger partial charge in [0.25, 0.3) is 0 Å². The van der Waals surface area contributed by atoms with E-state index < -0.39 is 14.8 Å². The Morgan fingerprint density at radius 3 is 2.00 bits per heavy atom. The van der Waals surface area contributed by atoms with E-state index in [1.807, 2.05) is 19.3 Å². The van der Waals surface area contributed by atoms with Gasteiger partial charge in [-0.1, -0.05) is 71.1 Å². The molecule has 0 amide bonds. The van der Waals surface area contributed by atoms with Gasteiger partial charge in [-0.05, 0) is 38.2 Å². The van der Waals surface area contributed by atoms with E-state index >= 15 is 0 Å². The first-order chi connectivity index (χ1) is 15.5. The summed E-state index contributed by atoms with van der Waals surface area (Å²) in [5.41, 5.74) is 1.20. The number of piperazine rings is 1. The summed E-state index contributed by atoms with van der Waals surface area (Å²) in [6.07, 6.45) is 20.3. The van der Waals surface area contributed by atoms with Crippen LogP contribution in [0.5, 0.6) is 0 Å². The molecule has 182 valence electrons. The van der Waals surface area contributed by atoms with Gasteiger partial charge < -0.3 is 4.90 Å². The maximum atomic E-state index is 13.2. The van der Waals surface area contributed by atoms with Crippen LogP contribution in [0.15, 0.2) is 12.4 Å². The van der Waals surface area contributed by atoms with Crippen LogP contribution in [0.25, 0.3) is 0 Å². The molecule has 0 bridgehead atoms. The summed E-state index contributed by atoms with van der Waals surface area (Å²) < 4.78 is 27.6. The van der Waals surface area contributed by atoms with Crippen LogP contribution in [0.3, 0.4) is 0 Å². The first-order valence-corrected chi connectivity index (χ1v) is 14.5. The average molecular weight is 465 g/mol.